The Labute approximate surface area is 238 Å². The van der Waals surface area contributed by atoms with Crippen LogP contribution in [-0.2, 0) is 22.6 Å². The molecule has 1 amide bonds. The standard InChI is InChI=1S/C31H34N6O4/c1-36(16-19-5-7-23(39-2)8-6-19)25-15-28-33-22-13-20(12-21(14-22)26-4-3-11-40-26)17-41-27-10-9-24(27)34-31(38)37-18-32-29(25)30(37)35-28/h5-8,12-15,18,24,26-27H,3-4,9-11,16-17H2,1-2H3,(H,33,35)(H,34,38)/t24-,26?,27-/m1/s1. The number of pyridine rings is 1. The molecule has 0 radical (unpaired) electrons. The molecule has 2 aliphatic heterocycles. The zero-order valence-electron chi connectivity index (χ0n) is 23.3. The van der Waals surface area contributed by atoms with Crippen molar-refractivity contribution in [3.05, 3.63) is 71.5 Å². The van der Waals surface area contributed by atoms with E-state index in [0.717, 1.165) is 66.1 Å². The molecule has 4 bridgehead atoms. The van der Waals surface area contributed by atoms with Gasteiger partial charge in [0.2, 0.25) is 0 Å². The first kappa shape index (κ1) is 25.8. The van der Waals surface area contributed by atoms with E-state index in [9.17, 15) is 4.79 Å². The predicted octanol–water partition coefficient (Wildman–Crippen LogP) is 5.29. The number of nitrogens with one attached hydrogen (secondary N) is 2. The summed E-state index contributed by atoms with van der Waals surface area (Å²) in [5.41, 5.74) is 6.25. The van der Waals surface area contributed by atoms with E-state index in [1.165, 1.54) is 4.57 Å². The van der Waals surface area contributed by atoms with Crippen LogP contribution in [0.4, 0.5) is 22.0 Å². The molecule has 1 unspecified atom stereocenters. The second kappa shape index (κ2) is 10.7. The number of anilines is 3. The quantitative estimate of drug-likeness (QED) is 0.343. The van der Waals surface area contributed by atoms with Crippen molar-refractivity contribution in [1.82, 2.24) is 19.9 Å². The van der Waals surface area contributed by atoms with Crippen LogP contribution >= 0.6 is 0 Å². The Bertz CT molecular complexity index is 1580. The zero-order valence-corrected chi connectivity index (χ0v) is 23.3. The Morgan fingerprint density at radius 3 is 2.73 bits per heavy atom. The lowest BCUT2D eigenvalue weighted by Crippen LogP contribution is -2.52. The summed E-state index contributed by atoms with van der Waals surface area (Å²) in [7, 11) is 3.68. The fourth-order valence-corrected chi connectivity index (χ4v) is 5.88. The summed E-state index contributed by atoms with van der Waals surface area (Å²) in [5, 5.41) is 6.66. The number of benzene rings is 2. The molecule has 1 saturated carbocycles. The average Bonchev–Trinajstić information content (AvgIpc) is 3.66. The van der Waals surface area contributed by atoms with Crippen molar-refractivity contribution in [1.29, 1.82) is 0 Å². The van der Waals surface area contributed by atoms with E-state index in [4.69, 9.17) is 19.2 Å². The summed E-state index contributed by atoms with van der Waals surface area (Å²) in [4.78, 5) is 25.1. The summed E-state index contributed by atoms with van der Waals surface area (Å²) < 4.78 is 19.1. The van der Waals surface area contributed by atoms with Crippen LogP contribution in [0.5, 0.6) is 5.75 Å². The Morgan fingerprint density at radius 2 is 1.98 bits per heavy atom. The largest absolute Gasteiger partial charge is 0.497 e. The highest BCUT2D eigenvalue weighted by Gasteiger charge is 2.34. The molecule has 10 nitrogen and oxygen atoms in total. The minimum absolute atomic E-state index is 0.0332. The molecule has 3 atom stereocenters. The minimum atomic E-state index is -0.254. The van der Waals surface area contributed by atoms with Gasteiger partial charge in [-0.15, -0.1) is 0 Å². The Hall–Kier alpha value is -4.15. The van der Waals surface area contributed by atoms with Gasteiger partial charge in [0.05, 0.1) is 37.7 Å². The van der Waals surface area contributed by atoms with Gasteiger partial charge >= 0.3 is 6.03 Å². The van der Waals surface area contributed by atoms with Crippen molar-refractivity contribution in [3.8, 4) is 5.75 Å². The SMILES string of the molecule is COc1ccc(CN(C)c2cc3nc4c2ncn4C(=O)N[C@@H]2CC[C@H]2OCc2cc(cc(C4CCCO4)c2)N3)cc1. The highest BCUT2D eigenvalue weighted by Crippen LogP contribution is 2.35. The van der Waals surface area contributed by atoms with Gasteiger partial charge in [-0.05, 0) is 66.6 Å². The number of rotatable bonds is 5. The summed E-state index contributed by atoms with van der Waals surface area (Å²) in [5.74, 6) is 1.44. The molecular formula is C31H34N6O4. The van der Waals surface area contributed by atoms with Crippen LogP contribution in [0.25, 0.3) is 11.2 Å². The number of carbonyl (C=O) groups excluding carboxylic acids is 1. The first-order valence-corrected chi connectivity index (χ1v) is 14.2. The highest BCUT2D eigenvalue weighted by molar-refractivity contribution is 5.95. The maximum Gasteiger partial charge on any atom is 0.328 e. The molecule has 2 N–H and O–H groups in total. The Kier molecular flexibility index (Phi) is 6.72. The summed E-state index contributed by atoms with van der Waals surface area (Å²) >= 11 is 0. The van der Waals surface area contributed by atoms with Crippen LogP contribution in [-0.4, -0.2) is 53.5 Å². The van der Waals surface area contributed by atoms with Crippen molar-refractivity contribution in [2.24, 2.45) is 0 Å². The normalized spacial score (nSPS) is 21.9. The molecule has 7 rings (SSSR count). The molecule has 1 aliphatic carbocycles. The monoisotopic (exact) mass is 554 g/mol. The molecule has 3 aliphatic rings. The molecule has 41 heavy (non-hydrogen) atoms. The lowest BCUT2D eigenvalue weighted by molar-refractivity contribution is -0.0323. The van der Waals surface area contributed by atoms with Gasteiger partial charge in [-0.2, -0.15) is 0 Å². The first-order chi connectivity index (χ1) is 20.0. The van der Waals surface area contributed by atoms with Gasteiger partial charge < -0.3 is 29.7 Å². The molecule has 2 aromatic carbocycles. The molecule has 4 aromatic rings. The first-order valence-electron chi connectivity index (χ1n) is 14.2. The number of aromatic nitrogens is 3. The van der Waals surface area contributed by atoms with Crippen molar-refractivity contribution in [2.45, 2.75) is 57.1 Å². The molecule has 1 saturated heterocycles. The van der Waals surface area contributed by atoms with E-state index in [1.807, 2.05) is 37.4 Å². The topological polar surface area (TPSA) is 103 Å². The van der Waals surface area contributed by atoms with E-state index in [2.05, 4.69) is 38.7 Å². The molecule has 4 heterocycles. The summed E-state index contributed by atoms with van der Waals surface area (Å²) in [6.07, 6.45) is 5.45. The second-order valence-corrected chi connectivity index (χ2v) is 11.1. The number of ether oxygens (including phenoxy) is 3. The lowest BCUT2D eigenvalue weighted by Gasteiger charge is -2.36. The predicted molar refractivity (Wildman–Crippen MR) is 156 cm³/mol. The van der Waals surface area contributed by atoms with Crippen molar-refractivity contribution in [3.63, 3.8) is 0 Å². The van der Waals surface area contributed by atoms with E-state index in [1.54, 1.807) is 13.4 Å². The van der Waals surface area contributed by atoms with Crippen molar-refractivity contribution < 1.29 is 19.0 Å². The van der Waals surface area contributed by atoms with Crippen molar-refractivity contribution in [2.75, 3.05) is 31.0 Å². The molecule has 10 heteroatoms. The summed E-state index contributed by atoms with van der Waals surface area (Å²) in [6.45, 7) is 1.88. The Morgan fingerprint density at radius 1 is 1.10 bits per heavy atom. The molecule has 2 fully saturated rings. The van der Waals surface area contributed by atoms with Gasteiger partial charge in [-0.3, -0.25) is 0 Å². The van der Waals surface area contributed by atoms with Crippen LogP contribution in [0.2, 0.25) is 0 Å². The smallest absolute Gasteiger partial charge is 0.328 e. The molecule has 2 aromatic heterocycles. The van der Waals surface area contributed by atoms with Gasteiger partial charge in [0.15, 0.2) is 5.65 Å². The maximum atomic E-state index is 13.4. The zero-order chi connectivity index (χ0) is 27.9. The summed E-state index contributed by atoms with van der Waals surface area (Å²) in [6, 6.07) is 16.1. The molecule has 0 spiro atoms. The number of hydrogen-bond acceptors (Lipinski definition) is 8. The van der Waals surface area contributed by atoms with E-state index in [0.29, 0.717) is 30.1 Å². The van der Waals surface area contributed by atoms with Gasteiger partial charge in [-0.1, -0.05) is 18.2 Å². The number of hydrogen-bond donors (Lipinski definition) is 2. The van der Waals surface area contributed by atoms with Crippen LogP contribution in [0.15, 0.2) is 54.9 Å². The van der Waals surface area contributed by atoms with E-state index in [-0.39, 0.29) is 24.3 Å². The number of methoxy groups -OCH3 is 1. The van der Waals surface area contributed by atoms with Gasteiger partial charge in [-0.25, -0.2) is 19.3 Å². The molecular weight excluding hydrogens is 520 g/mol. The third-order valence-corrected chi connectivity index (χ3v) is 8.27. The number of nitrogens with zero attached hydrogens (tertiary/aromatic N) is 4. The van der Waals surface area contributed by atoms with Crippen LogP contribution in [0.1, 0.15) is 48.5 Å². The molecule has 212 valence electrons. The third-order valence-electron chi connectivity index (χ3n) is 8.27. The number of carbonyl (C=O) groups is 1. The van der Waals surface area contributed by atoms with Crippen LogP contribution in [0.3, 0.4) is 0 Å². The minimum Gasteiger partial charge on any atom is -0.497 e. The average molecular weight is 555 g/mol. The van der Waals surface area contributed by atoms with Gasteiger partial charge in [0, 0.05) is 32.0 Å². The highest BCUT2D eigenvalue weighted by atomic mass is 16.5. The number of fused-ring (bicyclic) bond motifs is 4. The fourth-order valence-electron chi connectivity index (χ4n) is 5.88. The fraction of sp³-hybridized carbons (Fsp3) is 0.387. The Balaban J connectivity index is 1.30. The maximum absolute atomic E-state index is 13.4. The third kappa shape index (κ3) is 5.09. The van der Waals surface area contributed by atoms with E-state index >= 15 is 0 Å². The van der Waals surface area contributed by atoms with Gasteiger partial charge in [0.1, 0.15) is 23.4 Å². The van der Waals surface area contributed by atoms with Crippen molar-refractivity contribution >= 4 is 34.4 Å². The number of amides is 1. The van der Waals surface area contributed by atoms with Crippen LogP contribution in [0, 0.1) is 0 Å². The van der Waals surface area contributed by atoms with Crippen LogP contribution < -0.4 is 20.3 Å². The number of imidazole rings is 1. The van der Waals surface area contributed by atoms with Gasteiger partial charge in [0.25, 0.3) is 0 Å². The lowest BCUT2D eigenvalue weighted by atomic mass is 9.89. The van der Waals surface area contributed by atoms with E-state index < -0.39 is 0 Å². The second-order valence-electron chi connectivity index (χ2n) is 11.1.